The van der Waals surface area contributed by atoms with Crippen LogP contribution in [0, 0.1) is 0 Å². The normalized spacial score (nSPS) is 19.0. The van der Waals surface area contributed by atoms with Gasteiger partial charge in [0.05, 0.1) is 11.6 Å². The highest BCUT2D eigenvalue weighted by atomic mass is 16.2. The molecule has 1 fully saturated rings. The largest absolute Gasteiger partial charge is 0.325 e. The number of hydrogen-bond acceptors (Lipinski definition) is 3. The summed E-state index contributed by atoms with van der Waals surface area (Å²) in [6, 6.07) is 9.61. The van der Waals surface area contributed by atoms with Gasteiger partial charge in [-0.05, 0) is 43.7 Å². The molecular formula is C14H15N3O. The molecule has 92 valence electrons. The van der Waals surface area contributed by atoms with Crippen molar-refractivity contribution in [2.45, 2.75) is 18.9 Å². The first-order valence-electron chi connectivity index (χ1n) is 6.22. The lowest BCUT2D eigenvalue weighted by atomic mass is 10.2. The SMILES string of the molecule is O=C(Nc1ccc2ncccc2c1)[C@H]1CCCN1. The van der Waals surface area contributed by atoms with E-state index in [1.54, 1.807) is 6.20 Å². The first-order valence-corrected chi connectivity index (χ1v) is 6.22. The van der Waals surface area contributed by atoms with Crippen LogP contribution in [0.4, 0.5) is 5.69 Å². The second kappa shape index (κ2) is 4.74. The van der Waals surface area contributed by atoms with Crippen LogP contribution >= 0.6 is 0 Å². The Kier molecular flexibility index (Phi) is 2.94. The summed E-state index contributed by atoms with van der Waals surface area (Å²) in [6.45, 7) is 0.930. The van der Waals surface area contributed by atoms with Gasteiger partial charge in [0.1, 0.15) is 0 Å². The van der Waals surface area contributed by atoms with Crippen LogP contribution in [0.5, 0.6) is 0 Å². The molecule has 1 aliphatic heterocycles. The smallest absolute Gasteiger partial charge is 0.241 e. The number of carbonyl (C=O) groups is 1. The molecule has 2 N–H and O–H groups in total. The Hall–Kier alpha value is -1.94. The van der Waals surface area contributed by atoms with Crippen LogP contribution in [-0.2, 0) is 4.79 Å². The Bertz CT molecular complexity index is 576. The molecule has 1 aromatic carbocycles. The van der Waals surface area contributed by atoms with Crippen LogP contribution < -0.4 is 10.6 Å². The fourth-order valence-corrected chi connectivity index (χ4v) is 2.29. The Morgan fingerprint density at radius 3 is 3.17 bits per heavy atom. The van der Waals surface area contributed by atoms with Gasteiger partial charge in [-0.1, -0.05) is 6.07 Å². The summed E-state index contributed by atoms with van der Waals surface area (Å²) in [6.07, 6.45) is 3.75. The van der Waals surface area contributed by atoms with Crippen LogP contribution in [0.15, 0.2) is 36.5 Å². The molecule has 2 heterocycles. The summed E-state index contributed by atoms with van der Waals surface area (Å²) >= 11 is 0. The lowest BCUT2D eigenvalue weighted by Crippen LogP contribution is -2.35. The monoisotopic (exact) mass is 241 g/mol. The van der Waals surface area contributed by atoms with Gasteiger partial charge in [0.15, 0.2) is 0 Å². The summed E-state index contributed by atoms with van der Waals surface area (Å²) in [5.74, 6) is 0.0516. The predicted octanol–water partition coefficient (Wildman–Crippen LogP) is 1.93. The number of rotatable bonds is 2. The van der Waals surface area contributed by atoms with E-state index in [0.29, 0.717) is 0 Å². The maximum atomic E-state index is 12.0. The number of nitrogens with one attached hydrogen (secondary N) is 2. The van der Waals surface area contributed by atoms with Crippen molar-refractivity contribution >= 4 is 22.5 Å². The number of carbonyl (C=O) groups excluding carboxylic acids is 1. The van der Waals surface area contributed by atoms with Crippen molar-refractivity contribution in [3.8, 4) is 0 Å². The number of amides is 1. The van der Waals surface area contributed by atoms with E-state index < -0.39 is 0 Å². The van der Waals surface area contributed by atoms with Gasteiger partial charge in [-0.25, -0.2) is 0 Å². The van der Waals surface area contributed by atoms with Gasteiger partial charge in [-0.2, -0.15) is 0 Å². The molecule has 0 saturated carbocycles. The number of aromatic nitrogens is 1. The van der Waals surface area contributed by atoms with Crippen LogP contribution in [-0.4, -0.2) is 23.5 Å². The fourth-order valence-electron chi connectivity index (χ4n) is 2.29. The van der Waals surface area contributed by atoms with E-state index in [2.05, 4.69) is 15.6 Å². The summed E-state index contributed by atoms with van der Waals surface area (Å²) in [4.78, 5) is 16.2. The Labute approximate surface area is 105 Å². The Morgan fingerprint density at radius 2 is 2.33 bits per heavy atom. The molecule has 18 heavy (non-hydrogen) atoms. The second-order valence-corrected chi connectivity index (χ2v) is 4.55. The van der Waals surface area contributed by atoms with E-state index >= 15 is 0 Å². The van der Waals surface area contributed by atoms with Gasteiger partial charge < -0.3 is 10.6 Å². The van der Waals surface area contributed by atoms with Crippen molar-refractivity contribution in [2.24, 2.45) is 0 Å². The molecule has 0 unspecified atom stereocenters. The minimum absolute atomic E-state index is 0.0467. The molecule has 0 aliphatic carbocycles. The highest BCUT2D eigenvalue weighted by molar-refractivity contribution is 5.96. The summed E-state index contributed by atoms with van der Waals surface area (Å²) in [7, 11) is 0. The van der Waals surface area contributed by atoms with E-state index in [-0.39, 0.29) is 11.9 Å². The zero-order chi connectivity index (χ0) is 12.4. The van der Waals surface area contributed by atoms with Crippen molar-refractivity contribution in [3.05, 3.63) is 36.5 Å². The van der Waals surface area contributed by atoms with Crippen molar-refractivity contribution < 1.29 is 4.79 Å². The number of nitrogens with zero attached hydrogens (tertiary/aromatic N) is 1. The van der Waals surface area contributed by atoms with Crippen LogP contribution in [0.1, 0.15) is 12.8 Å². The standard InChI is InChI=1S/C14H15N3O/c18-14(13-4-2-8-16-13)17-11-5-6-12-10(9-11)3-1-7-15-12/h1,3,5-7,9,13,16H,2,4,8H2,(H,17,18)/t13-/m1/s1. The molecule has 0 radical (unpaired) electrons. The third-order valence-corrected chi connectivity index (χ3v) is 3.25. The topological polar surface area (TPSA) is 54.0 Å². The lowest BCUT2D eigenvalue weighted by molar-refractivity contribution is -0.117. The quantitative estimate of drug-likeness (QED) is 0.844. The third kappa shape index (κ3) is 2.19. The van der Waals surface area contributed by atoms with Gasteiger partial charge in [-0.3, -0.25) is 9.78 Å². The summed E-state index contributed by atoms with van der Waals surface area (Å²) in [5, 5.41) is 7.17. The fraction of sp³-hybridized carbons (Fsp3) is 0.286. The predicted molar refractivity (Wildman–Crippen MR) is 71.4 cm³/mol. The molecule has 2 aromatic rings. The van der Waals surface area contributed by atoms with Crippen LogP contribution in [0.2, 0.25) is 0 Å². The maximum absolute atomic E-state index is 12.0. The third-order valence-electron chi connectivity index (χ3n) is 3.25. The molecule has 1 saturated heterocycles. The average Bonchev–Trinajstić information content (AvgIpc) is 2.92. The molecule has 1 aliphatic rings. The molecular weight excluding hydrogens is 226 g/mol. The van der Waals surface area contributed by atoms with E-state index in [9.17, 15) is 4.79 Å². The number of fused-ring (bicyclic) bond motifs is 1. The molecule has 0 bridgehead atoms. The molecule has 1 amide bonds. The van der Waals surface area contributed by atoms with Gasteiger partial charge in [0.25, 0.3) is 0 Å². The molecule has 4 nitrogen and oxygen atoms in total. The number of pyridine rings is 1. The van der Waals surface area contributed by atoms with E-state index in [0.717, 1.165) is 36.0 Å². The van der Waals surface area contributed by atoms with E-state index in [1.807, 2.05) is 30.3 Å². The zero-order valence-corrected chi connectivity index (χ0v) is 10.0. The summed E-state index contributed by atoms with van der Waals surface area (Å²) < 4.78 is 0. The Balaban J connectivity index is 1.79. The number of anilines is 1. The molecule has 4 heteroatoms. The first-order chi connectivity index (χ1) is 8.83. The highest BCUT2D eigenvalue weighted by Crippen LogP contribution is 2.17. The molecule has 1 aromatic heterocycles. The average molecular weight is 241 g/mol. The van der Waals surface area contributed by atoms with Gasteiger partial charge >= 0.3 is 0 Å². The van der Waals surface area contributed by atoms with Crippen molar-refractivity contribution in [1.82, 2.24) is 10.3 Å². The lowest BCUT2D eigenvalue weighted by Gasteiger charge is -2.11. The van der Waals surface area contributed by atoms with E-state index in [4.69, 9.17) is 0 Å². The minimum Gasteiger partial charge on any atom is -0.325 e. The minimum atomic E-state index is -0.0467. The van der Waals surface area contributed by atoms with Crippen LogP contribution in [0.25, 0.3) is 10.9 Å². The Morgan fingerprint density at radius 1 is 1.39 bits per heavy atom. The first kappa shape index (κ1) is 11.2. The van der Waals surface area contributed by atoms with E-state index in [1.165, 1.54) is 0 Å². The molecule has 0 spiro atoms. The van der Waals surface area contributed by atoms with Gasteiger partial charge in [0.2, 0.25) is 5.91 Å². The van der Waals surface area contributed by atoms with Crippen molar-refractivity contribution in [1.29, 1.82) is 0 Å². The van der Waals surface area contributed by atoms with Crippen LogP contribution in [0.3, 0.4) is 0 Å². The second-order valence-electron chi connectivity index (χ2n) is 4.55. The van der Waals surface area contributed by atoms with Crippen molar-refractivity contribution in [3.63, 3.8) is 0 Å². The van der Waals surface area contributed by atoms with Gasteiger partial charge in [-0.15, -0.1) is 0 Å². The number of benzene rings is 1. The molecule has 3 rings (SSSR count). The van der Waals surface area contributed by atoms with Gasteiger partial charge in [0, 0.05) is 17.3 Å². The van der Waals surface area contributed by atoms with Crippen molar-refractivity contribution in [2.75, 3.05) is 11.9 Å². The molecule has 1 atom stereocenters. The highest BCUT2D eigenvalue weighted by Gasteiger charge is 2.21. The number of hydrogen-bond donors (Lipinski definition) is 2. The summed E-state index contributed by atoms with van der Waals surface area (Å²) in [5.41, 5.74) is 1.77. The maximum Gasteiger partial charge on any atom is 0.241 e. The zero-order valence-electron chi connectivity index (χ0n) is 10.0.